The topological polar surface area (TPSA) is 77.0 Å². The monoisotopic (exact) mass is 413 g/mol. The van der Waals surface area contributed by atoms with Crippen molar-refractivity contribution in [3.8, 4) is 11.4 Å². The van der Waals surface area contributed by atoms with Crippen LogP contribution >= 0.6 is 23.4 Å². The second-order valence-electron chi connectivity index (χ2n) is 6.67. The Kier molecular flexibility index (Phi) is 5.28. The summed E-state index contributed by atoms with van der Waals surface area (Å²) in [7, 11) is 0. The molecular weight excluding hydrogens is 394 g/mol. The van der Waals surface area contributed by atoms with Crippen molar-refractivity contribution in [2.75, 3.05) is 17.3 Å². The first-order valence-corrected chi connectivity index (χ1v) is 10.3. The molecule has 8 heteroatoms. The van der Waals surface area contributed by atoms with Gasteiger partial charge in [0.1, 0.15) is 0 Å². The number of thioether (sulfide) groups is 1. The van der Waals surface area contributed by atoms with Crippen LogP contribution in [0, 0.1) is 0 Å². The maximum absolute atomic E-state index is 13.1. The van der Waals surface area contributed by atoms with Crippen molar-refractivity contribution in [2.24, 2.45) is 0 Å². The van der Waals surface area contributed by atoms with Gasteiger partial charge in [0.2, 0.25) is 11.1 Å². The number of carbonyl (C=O) groups is 1. The highest BCUT2D eigenvalue weighted by Crippen LogP contribution is 2.31. The molecule has 1 aliphatic heterocycles. The summed E-state index contributed by atoms with van der Waals surface area (Å²) in [6, 6.07) is 15.3. The van der Waals surface area contributed by atoms with Crippen molar-refractivity contribution in [1.29, 1.82) is 0 Å². The van der Waals surface area contributed by atoms with E-state index in [0.717, 1.165) is 30.6 Å². The second kappa shape index (κ2) is 7.85. The van der Waals surface area contributed by atoms with Gasteiger partial charge in [0.15, 0.2) is 5.82 Å². The molecule has 0 radical (unpaired) electrons. The Hall–Kier alpha value is -2.51. The van der Waals surface area contributed by atoms with E-state index in [9.17, 15) is 4.79 Å². The smallest absolute Gasteiger partial charge is 0.240 e. The van der Waals surface area contributed by atoms with Gasteiger partial charge in [-0.1, -0.05) is 41.6 Å². The average Bonchev–Trinajstić information content (AvgIpc) is 3.08. The molecule has 1 amide bonds. The first kappa shape index (κ1) is 18.8. The van der Waals surface area contributed by atoms with Gasteiger partial charge in [0, 0.05) is 22.8 Å². The predicted molar refractivity (Wildman–Crippen MR) is 113 cm³/mol. The molecule has 6 nitrogen and oxygen atoms in total. The standard InChI is InChI=1S/C20H20ClN5OS/c1-13(19(27)25-12-4-6-14-5-2-3-7-17(14)25)28-20-24-23-18(26(20)22)15-8-10-16(21)11-9-15/h2-3,5,7-11,13H,4,6,12,22H2,1H3/t13-/m0/s1. The lowest BCUT2D eigenvalue weighted by atomic mass is 10.0. The molecule has 2 N–H and O–H groups in total. The van der Waals surface area contributed by atoms with Crippen molar-refractivity contribution in [3.63, 3.8) is 0 Å². The lowest BCUT2D eigenvalue weighted by molar-refractivity contribution is -0.117. The Labute approximate surface area is 172 Å². The highest BCUT2D eigenvalue weighted by atomic mass is 35.5. The highest BCUT2D eigenvalue weighted by Gasteiger charge is 2.28. The third kappa shape index (κ3) is 3.59. The van der Waals surface area contributed by atoms with Gasteiger partial charge in [-0.3, -0.25) is 4.79 Å². The Bertz CT molecular complexity index is 1000. The van der Waals surface area contributed by atoms with Gasteiger partial charge in [-0.05, 0) is 55.7 Å². The van der Waals surface area contributed by atoms with Crippen LogP contribution in [0.3, 0.4) is 0 Å². The molecule has 0 saturated carbocycles. The summed E-state index contributed by atoms with van der Waals surface area (Å²) in [6.07, 6.45) is 1.97. The van der Waals surface area contributed by atoms with Crippen molar-refractivity contribution in [2.45, 2.75) is 30.2 Å². The number of nitrogen functional groups attached to an aromatic ring is 1. The number of nitrogens with two attached hydrogens (primary N) is 1. The van der Waals surface area contributed by atoms with Crippen molar-refractivity contribution >= 4 is 35.0 Å². The van der Waals surface area contributed by atoms with E-state index in [2.05, 4.69) is 16.3 Å². The number of benzene rings is 2. The highest BCUT2D eigenvalue weighted by molar-refractivity contribution is 8.00. The summed E-state index contributed by atoms with van der Waals surface area (Å²) in [6.45, 7) is 2.60. The Balaban J connectivity index is 1.52. The Morgan fingerprint density at radius 2 is 1.93 bits per heavy atom. The lowest BCUT2D eigenvalue weighted by Crippen LogP contribution is -2.40. The minimum atomic E-state index is -0.337. The normalized spacial score (nSPS) is 14.6. The van der Waals surface area contributed by atoms with Crippen LogP contribution in [0.4, 0.5) is 5.69 Å². The molecule has 0 bridgehead atoms. The number of hydrogen-bond acceptors (Lipinski definition) is 5. The van der Waals surface area contributed by atoms with Gasteiger partial charge >= 0.3 is 0 Å². The van der Waals surface area contributed by atoms with Crippen LogP contribution in [0.25, 0.3) is 11.4 Å². The van der Waals surface area contributed by atoms with E-state index >= 15 is 0 Å². The molecule has 0 fully saturated rings. The number of amides is 1. The maximum Gasteiger partial charge on any atom is 0.240 e. The number of halogens is 1. The third-order valence-electron chi connectivity index (χ3n) is 4.77. The largest absolute Gasteiger partial charge is 0.335 e. The minimum Gasteiger partial charge on any atom is -0.335 e. The van der Waals surface area contributed by atoms with Gasteiger partial charge in [-0.25, -0.2) is 4.68 Å². The summed E-state index contributed by atoms with van der Waals surface area (Å²) >= 11 is 7.25. The summed E-state index contributed by atoms with van der Waals surface area (Å²) in [5.74, 6) is 6.77. The van der Waals surface area contributed by atoms with Crippen LogP contribution in [0.2, 0.25) is 5.02 Å². The number of nitrogens with zero attached hydrogens (tertiary/aromatic N) is 4. The van der Waals surface area contributed by atoms with E-state index in [0.29, 0.717) is 16.0 Å². The number of aryl methyl sites for hydroxylation is 1. The number of anilines is 1. The number of para-hydroxylation sites is 1. The van der Waals surface area contributed by atoms with E-state index in [-0.39, 0.29) is 11.2 Å². The van der Waals surface area contributed by atoms with Crippen molar-refractivity contribution in [3.05, 3.63) is 59.1 Å². The quantitative estimate of drug-likeness (QED) is 0.520. The van der Waals surface area contributed by atoms with E-state index in [1.807, 2.05) is 42.2 Å². The SMILES string of the molecule is C[C@H](Sc1nnc(-c2ccc(Cl)cc2)n1N)C(=O)N1CCCc2ccccc21. The van der Waals surface area contributed by atoms with Crippen LogP contribution in [-0.2, 0) is 11.2 Å². The van der Waals surface area contributed by atoms with Crippen molar-refractivity contribution in [1.82, 2.24) is 14.9 Å². The first-order valence-electron chi connectivity index (χ1n) is 9.07. The lowest BCUT2D eigenvalue weighted by Gasteiger charge is -2.31. The molecule has 28 heavy (non-hydrogen) atoms. The predicted octanol–water partition coefficient (Wildman–Crippen LogP) is 3.77. The number of hydrogen-bond donors (Lipinski definition) is 1. The number of aromatic nitrogens is 3. The number of carbonyl (C=O) groups excluding carboxylic acids is 1. The molecular formula is C20H20ClN5OS. The van der Waals surface area contributed by atoms with Crippen LogP contribution in [0.5, 0.6) is 0 Å². The van der Waals surface area contributed by atoms with Gasteiger partial charge in [0.25, 0.3) is 0 Å². The third-order valence-corrected chi connectivity index (χ3v) is 6.07. The van der Waals surface area contributed by atoms with E-state index < -0.39 is 0 Å². The maximum atomic E-state index is 13.1. The molecule has 0 aliphatic carbocycles. The fraction of sp³-hybridized carbons (Fsp3) is 0.250. The fourth-order valence-corrected chi connectivity index (χ4v) is 4.30. The van der Waals surface area contributed by atoms with Crippen LogP contribution < -0.4 is 10.7 Å². The summed E-state index contributed by atoms with van der Waals surface area (Å²) in [4.78, 5) is 15.0. The Morgan fingerprint density at radius 1 is 1.18 bits per heavy atom. The Morgan fingerprint density at radius 3 is 2.71 bits per heavy atom. The summed E-state index contributed by atoms with van der Waals surface area (Å²) < 4.78 is 1.42. The minimum absolute atomic E-state index is 0.0493. The molecule has 0 spiro atoms. The molecule has 4 rings (SSSR count). The molecule has 1 atom stereocenters. The molecule has 144 valence electrons. The van der Waals surface area contributed by atoms with Crippen LogP contribution in [0.1, 0.15) is 18.9 Å². The van der Waals surface area contributed by atoms with E-state index in [1.54, 1.807) is 12.1 Å². The average molecular weight is 414 g/mol. The van der Waals surface area contributed by atoms with Crippen LogP contribution in [0.15, 0.2) is 53.7 Å². The summed E-state index contributed by atoms with van der Waals surface area (Å²) in [5.41, 5.74) is 3.03. The zero-order valence-corrected chi connectivity index (χ0v) is 17.0. The fourth-order valence-electron chi connectivity index (χ4n) is 3.34. The van der Waals surface area contributed by atoms with Gasteiger partial charge < -0.3 is 10.7 Å². The number of rotatable bonds is 4. The van der Waals surface area contributed by atoms with E-state index in [4.69, 9.17) is 17.4 Å². The molecule has 1 aromatic heterocycles. The van der Waals surface area contributed by atoms with Gasteiger partial charge in [0.05, 0.1) is 5.25 Å². The molecule has 2 aromatic carbocycles. The molecule has 0 unspecified atom stereocenters. The zero-order valence-electron chi connectivity index (χ0n) is 15.4. The van der Waals surface area contributed by atoms with Crippen LogP contribution in [-0.4, -0.2) is 32.6 Å². The van der Waals surface area contributed by atoms with Crippen molar-refractivity contribution < 1.29 is 4.79 Å². The zero-order chi connectivity index (χ0) is 19.7. The molecule has 1 aliphatic rings. The van der Waals surface area contributed by atoms with Gasteiger partial charge in [-0.2, -0.15) is 0 Å². The molecule has 2 heterocycles. The second-order valence-corrected chi connectivity index (χ2v) is 8.41. The van der Waals surface area contributed by atoms with E-state index in [1.165, 1.54) is 22.0 Å². The number of fused-ring (bicyclic) bond motifs is 1. The molecule has 0 saturated heterocycles. The first-order chi connectivity index (χ1) is 13.5. The molecule has 3 aromatic rings. The summed E-state index contributed by atoms with van der Waals surface area (Å²) in [5, 5.41) is 9.15. The van der Waals surface area contributed by atoms with Gasteiger partial charge in [-0.15, -0.1) is 10.2 Å².